The molecule has 1 aromatic carbocycles. The minimum absolute atomic E-state index is 0.00106. The van der Waals surface area contributed by atoms with Gasteiger partial charge in [-0.25, -0.2) is 0 Å². The van der Waals surface area contributed by atoms with Gasteiger partial charge in [0.25, 0.3) is 0 Å². The first-order chi connectivity index (χ1) is 7.33. The van der Waals surface area contributed by atoms with Gasteiger partial charge in [0.15, 0.2) is 0 Å². The van der Waals surface area contributed by atoms with E-state index in [2.05, 4.69) is 30.5 Å². The van der Waals surface area contributed by atoms with Crippen LogP contribution < -0.4 is 0 Å². The van der Waals surface area contributed by atoms with E-state index in [1.54, 1.807) is 11.3 Å². The Kier molecular flexibility index (Phi) is 3.45. The average molecular weight is 237 g/mol. The Balaban J connectivity index is 2.32. The van der Waals surface area contributed by atoms with E-state index in [0.29, 0.717) is 0 Å². The van der Waals surface area contributed by atoms with Crippen LogP contribution in [0.5, 0.6) is 0 Å². The third kappa shape index (κ3) is 2.24. The van der Waals surface area contributed by atoms with Crippen molar-refractivity contribution in [2.45, 2.75) is 18.7 Å². The molecular weight excluding hydrogens is 224 g/mol. The molecule has 2 rings (SSSR count). The van der Waals surface area contributed by atoms with Gasteiger partial charge in [-0.1, -0.05) is 37.3 Å². The Labute approximate surface area is 99.5 Å². The third-order valence-corrected chi connectivity index (χ3v) is 4.11. The molecule has 1 aromatic heterocycles. The number of benzene rings is 1. The monoisotopic (exact) mass is 236 g/mol. The molecule has 0 aliphatic carbocycles. The second-order valence-corrected chi connectivity index (χ2v) is 4.82. The van der Waals surface area contributed by atoms with Gasteiger partial charge in [0.05, 0.1) is 5.38 Å². The van der Waals surface area contributed by atoms with E-state index in [4.69, 9.17) is 11.6 Å². The van der Waals surface area contributed by atoms with Crippen LogP contribution in [0.1, 0.15) is 28.3 Å². The van der Waals surface area contributed by atoms with Gasteiger partial charge < -0.3 is 0 Å². The molecule has 0 saturated heterocycles. The first-order valence-corrected chi connectivity index (χ1v) is 6.39. The minimum atomic E-state index is 0.00106. The lowest BCUT2D eigenvalue weighted by Gasteiger charge is -2.09. The van der Waals surface area contributed by atoms with Crippen molar-refractivity contribution in [3.05, 3.63) is 57.8 Å². The summed E-state index contributed by atoms with van der Waals surface area (Å²) in [5.74, 6) is 0. The summed E-state index contributed by atoms with van der Waals surface area (Å²) >= 11 is 8.21. The van der Waals surface area contributed by atoms with E-state index >= 15 is 0 Å². The molecule has 1 atom stereocenters. The Hall–Kier alpha value is -0.790. The van der Waals surface area contributed by atoms with Gasteiger partial charge >= 0.3 is 0 Å². The van der Waals surface area contributed by atoms with Gasteiger partial charge in [0.1, 0.15) is 0 Å². The van der Waals surface area contributed by atoms with Crippen LogP contribution in [0.3, 0.4) is 0 Å². The van der Waals surface area contributed by atoms with E-state index in [1.807, 2.05) is 18.2 Å². The van der Waals surface area contributed by atoms with Crippen LogP contribution in [0.2, 0.25) is 0 Å². The van der Waals surface area contributed by atoms with Crippen LogP contribution in [-0.4, -0.2) is 0 Å². The van der Waals surface area contributed by atoms with Crippen molar-refractivity contribution < 1.29 is 0 Å². The number of hydrogen-bond donors (Lipinski definition) is 0. The summed E-state index contributed by atoms with van der Waals surface area (Å²) in [6.45, 7) is 2.17. The van der Waals surface area contributed by atoms with E-state index in [9.17, 15) is 0 Å². The quantitative estimate of drug-likeness (QED) is 0.682. The zero-order chi connectivity index (χ0) is 10.7. The van der Waals surface area contributed by atoms with E-state index in [1.165, 1.54) is 16.0 Å². The van der Waals surface area contributed by atoms with Crippen molar-refractivity contribution >= 4 is 22.9 Å². The van der Waals surface area contributed by atoms with Gasteiger partial charge in [-0.2, -0.15) is 0 Å². The normalized spacial score (nSPS) is 12.7. The van der Waals surface area contributed by atoms with Gasteiger partial charge in [0.2, 0.25) is 0 Å². The van der Waals surface area contributed by atoms with Crippen molar-refractivity contribution in [2.75, 3.05) is 0 Å². The first-order valence-electron chi connectivity index (χ1n) is 5.08. The predicted octanol–water partition coefficient (Wildman–Crippen LogP) is 4.64. The third-order valence-electron chi connectivity index (χ3n) is 2.48. The number of alkyl halides is 1. The molecule has 1 heterocycles. The fourth-order valence-corrected chi connectivity index (χ4v) is 3.07. The molecule has 2 aromatic rings. The SMILES string of the molecule is CCc1ccsc1C(Cl)c1ccccc1. The molecule has 0 radical (unpaired) electrons. The first kappa shape index (κ1) is 10.7. The smallest absolute Gasteiger partial charge is 0.0930 e. The second-order valence-electron chi connectivity index (χ2n) is 3.44. The molecule has 0 spiro atoms. The summed E-state index contributed by atoms with van der Waals surface area (Å²) in [6, 6.07) is 12.4. The maximum Gasteiger partial charge on any atom is 0.0930 e. The number of halogens is 1. The predicted molar refractivity (Wildman–Crippen MR) is 67.8 cm³/mol. The van der Waals surface area contributed by atoms with E-state index in [0.717, 1.165) is 6.42 Å². The Morgan fingerprint density at radius 3 is 2.60 bits per heavy atom. The molecule has 1 unspecified atom stereocenters. The molecule has 0 aliphatic heterocycles. The lowest BCUT2D eigenvalue weighted by molar-refractivity contribution is 1.08. The lowest BCUT2D eigenvalue weighted by atomic mass is 10.1. The number of aryl methyl sites for hydroxylation is 1. The van der Waals surface area contributed by atoms with Crippen LogP contribution in [-0.2, 0) is 6.42 Å². The number of thiophene rings is 1. The summed E-state index contributed by atoms with van der Waals surface area (Å²) < 4.78 is 0. The molecule has 0 fully saturated rings. The van der Waals surface area contributed by atoms with E-state index in [-0.39, 0.29) is 5.38 Å². The molecule has 2 heteroatoms. The summed E-state index contributed by atoms with van der Waals surface area (Å²) in [4.78, 5) is 1.28. The Morgan fingerprint density at radius 1 is 1.20 bits per heavy atom. The van der Waals surface area contributed by atoms with Crippen LogP contribution in [0.4, 0.5) is 0 Å². The Morgan fingerprint density at radius 2 is 1.93 bits per heavy atom. The van der Waals surface area contributed by atoms with Crippen molar-refractivity contribution in [1.29, 1.82) is 0 Å². The zero-order valence-electron chi connectivity index (χ0n) is 8.61. The van der Waals surface area contributed by atoms with E-state index < -0.39 is 0 Å². The fraction of sp³-hybridized carbons (Fsp3) is 0.231. The van der Waals surface area contributed by atoms with Gasteiger partial charge in [-0.05, 0) is 29.0 Å². The van der Waals surface area contributed by atoms with Crippen molar-refractivity contribution in [1.82, 2.24) is 0 Å². The van der Waals surface area contributed by atoms with Crippen LogP contribution in [0.25, 0.3) is 0 Å². The van der Waals surface area contributed by atoms with Gasteiger partial charge in [-0.15, -0.1) is 22.9 Å². The van der Waals surface area contributed by atoms with Gasteiger partial charge in [0, 0.05) is 4.88 Å². The molecule has 15 heavy (non-hydrogen) atoms. The average Bonchev–Trinajstić information content (AvgIpc) is 2.77. The van der Waals surface area contributed by atoms with Crippen molar-refractivity contribution in [2.24, 2.45) is 0 Å². The summed E-state index contributed by atoms with van der Waals surface area (Å²) in [5, 5.41) is 2.12. The highest BCUT2D eigenvalue weighted by molar-refractivity contribution is 7.10. The molecule has 0 N–H and O–H groups in total. The fourth-order valence-electron chi connectivity index (χ4n) is 1.64. The summed E-state index contributed by atoms with van der Waals surface area (Å²) in [7, 11) is 0. The summed E-state index contributed by atoms with van der Waals surface area (Å²) in [5.41, 5.74) is 2.54. The molecule has 0 saturated carbocycles. The van der Waals surface area contributed by atoms with Crippen LogP contribution in [0, 0.1) is 0 Å². The minimum Gasteiger partial charge on any atom is -0.147 e. The maximum atomic E-state index is 6.47. The molecule has 0 aliphatic rings. The molecule has 78 valence electrons. The molecule has 0 amide bonds. The van der Waals surface area contributed by atoms with Gasteiger partial charge in [-0.3, -0.25) is 0 Å². The topological polar surface area (TPSA) is 0 Å². The van der Waals surface area contributed by atoms with Crippen molar-refractivity contribution in [3.8, 4) is 0 Å². The highest BCUT2D eigenvalue weighted by Gasteiger charge is 2.14. The lowest BCUT2D eigenvalue weighted by Crippen LogP contribution is -1.93. The number of hydrogen-bond acceptors (Lipinski definition) is 1. The summed E-state index contributed by atoms with van der Waals surface area (Å²) in [6.07, 6.45) is 1.05. The van der Waals surface area contributed by atoms with Crippen LogP contribution in [0.15, 0.2) is 41.8 Å². The molecular formula is C13H13ClS. The largest absolute Gasteiger partial charge is 0.147 e. The van der Waals surface area contributed by atoms with Crippen molar-refractivity contribution in [3.63, 3.8) is 0 Å². The maximum absolute atomic E-state index is 6.47. The highest BCUT2D eigenvalue weighted by Crippen LogP contribution is 2.34. The van der Waals surface area contributed by atoms with Crippen LogP contribution >= 0.6 is 22.9 Å². The molecule has 0 bridgehead atoms. The zero-order valence-corrected chi connectivity index (χ0v) is 10.2. The molecule has 0 nitrogen and oxygen atoms in total. The Bertz CT molecular complexity index is 419. The number of rotatable bonds is 3. The standard InChI is InChI=1S/C13H13ClS/c1-2-10-8-9-15-13(10)12(14)11-6-4-3-5-7-11/h3-9,12H,2H2,1H3. The highest BCUT2D eigenvalue weighted by atomic mass is 35.5. The second kappa shape index (κ2) is 4.82.